The summed E-state index contributed by atoms with van der Waals surface area (Å²) in [7, 11) is -1.37. The highest BCUT2D eigenvalue weighted by atomic mass is 35.5. The van der Waals surface area contributed by atoms with E-state index in [0.29, 0.717) is 0 Å². The Morgan fingerprint density at radius 2 is 2.00 bits per heavy atom. The summed E-state index contributed by atoms with van der Waals surface area (Å²) in [5.41, 5.74) is 0.805. The second-order valence-corrected chi connectivity index (χ2v) is 9.16. The monoisotopic (exact) mass is 390 g/mol. The van der Waals surface area contributed by atoms with E-state index in [-0.39, 0.29) is 27.6 Å². The molecule has 1 saturated carbocycles. The van der Waals surface area contributed by atoms with E-state index in [1.165, 1.54) is 0 Å². The first kappa shape index (κ1) is 17.3. The first-order chi connectivity index (χ1) is 12.5. The number of aromatic nitrogens is 3. The molecule has 136 valence electrons. The summed E-state index contributed by atoms with van der Waals surface area (Å²) in [5, 5.41) is 1.26. The highest BCUT2D eigenvalue weighted by Crippen LogP contribution is 2.37. The van der Waals surface area contributed by atoms with Gasteiger partial charge in [-0.15, -0.1) is 0 Å². The van der Waals surface area contributed by atoms with Gasteiger partial charge >= 0.3 is 0 Å². The minimum Gasteiger partial charge on any atom is -0.356 e. The number of halogens is 1. The van der Waals surface area contributed by atoms with Gasteiger partial charge < -0.3 is 9.88 Å². The Morgan fingerprint density at radius 3 is 2.77 bits per heavy atom. The Morgan fingerprint density at radius 1 is 1.23 bits per heavy atom. The van der Waals surface area contributed by atoms with E-state index in [9.17, 15) is 8.42 Å². The molecular weight excluding hydrogens is 372 g/mol. The van der Waals surface area contributed by atoms with Crippen molar-refractivity contribution in [1.29, 1.82) is 0 Å². The van der Waals surface area contributed by atoms with Gasteiger partial charge in [0.05, 0.1) is 21.1 Å². The number of rotatable bonds is 5. The second kappa shape index (κ2) is 6.55. The van der Waals surface area contributed by atoms with Crippen LogP contribution < -0.4 is 4.90 Å². The summed E-state index contributed by atoms with van der Waals surface area (Å²) < 4.78 is 25.2. The van der Waals surface area contributed by atoms with Crippen LogP contribution in [0.1, 0.15) is 12.8 Å². The summed E-state index contributed by atoms with van der Waals surface area (Å²) in [6.07, 6.45) is 5.02. The van der Waals surface area contributed by atoms with Crippen LogP contribution in [0.15, 0.2) is 47.8 Å². The van der Waals surface area contributed by atoms with Crippen molar-refractivity contribution in [3.63, 3.8) is 0 Å². The average Bonchev–Trinajstić information content (AvgIpc) is 3.06. The standard InChI is InChI=1S/C18H19ClN4O2S/c1-23(18-14-6-7-20-17(14)21-11-22-18)13-8-12(9-13)10-26(24,25)16-5-3-2-4-15(16)19/h2-7,11-13H,8-10H2,1H3,(H,20,21,22). The SMILES string of the molecule is CN(c1ncnc2[nH]ccc12)C1CC(CS(=O)(=O)c2ccccc2Cl)C1. The van der Waals surface area contributed by atoms with Crippen LogP contribution in [0.3, 0.4) is 0 Å². The quantitative estimate of drug-likeness (QED) is 0.723. The highest BCUT2D eigenvalue weighted by molar-refractivity contribution is 7.91. The molecule has 6 nitrogen and oxygen atoms in total. The third-order valence-corrected chi connectivity index (χ3v) is 7.43. The number of fused-ring (bicyclic) bond motifs is 1. The summed E-state index contributed by atoms with van der Waals surface area (Å²) in [5.74, 6) is 1.13. The van der Waals surface area contributed by atoms with Gasteiger partial charge in [-0.25, -0.2) is 18.4 Å². The molecule has 1 fully saturated rings. The van der Waals surface area contributed by atoms with Crippen molar-refractivity contribution < 1.29 is 8.42 Å². The fourth-order valence-corrected chi connectivity index (χ4v) is 5.77. The first-order valence-electron chi connectivity index (χ1n) is 8.44. The summed E-state index contributed by atoms with van der Waals surface area (Å²) in [6.45, 7) is 0. The molecule has 26 heavy (non-hydrogen) atoms. The largest absolute Gasteiger partial charge is 0.356 e. The zero-order valence-corrected chi connectivity index (χ0v) is 15.8. The van der Waals surface area contributed by atoms with Gasteiger partial charge in [0.2, 0.25) is 0 Å². The molecule has 0 amide bonds. The number of sulfone groups is 1. The number of hydrogen-bond acceptors (Lipinski definition) is 5. The summed E-state index contributed by atoms with van der Waals surface area (Å²) in [4.78, 5) is 14.0. The van der Waals surface area contributed by atoms with Crippen molar-refractivity contribution in [2.45, 2.75) is 23.8 Å². The number of benzene rings is 1. The van der Waals surface area contributed by atoms with Crippen LogP contribution in [0.2, 0.25) is 5.02 Å². The normalized spacial score (nSPS) is 20.1. The maximum Gasteiger partial charge on any atom is 0.180 e. The summed E-state index contributed by atoms with van der Waals surface area (Å²) >= 11 is 6.05. The van der Waals surface area contributed by atoms with Crippen LogP contribution in [-0.2, 0) is 9.84 Å². The van der Waals surface area contributed by atoms with Crippen molar-refractivity contribution >= 4 is 38.3 Å². The molecule has 0 saturated heterocycles. The predicted molar refractivity (Wildman–Crippen MR) is 102 cm³/mol. The molecule has 0 unspecified atom stereocenters. The van der Waals surface area contributed by atoms with Gasteiger partial charge in [-0.05, 0) is 37.0 Å². The molecule has 1 aliphatic carbocycles. The van der Waals surface area contributed by atoms with E-state index < -0.39 is 9.84 Å². The van der Waals surface area contributed by atoms with Crippen LogP contribution >= 0.6 is 11.6 Å². The Labute approximate surface area is 157 Å². The highest BCUT2D eigenvalue weighted by Gasteiger charge is 2.36. The number of H-pyrrole nitrogens is 1. The van der Waals surface area contributed by atoms with Crippen LogP contribution in [-0.4, -0.2) is 42.2 Å². The zero-order chi connectivity index (χ0) is 18.3. The number of anilines is 1. The smallest absolute Gasteiger partial charge is 0.180 e. The Bertz CT molecular complexity index is 1040. The molecule has 2 aromatic heterocycles. The lowest BCUT2D eigenvalue weighted by Crippen LogP contribution is -2.45. The van der Waals surface area contributed by atoms with Crippen molar-refractivity contribution in [3.05, 3.63) is 47.9 Å². The molecule has 0 radical (unpaired) electrons. The molecule has 1 aliphatic rings. The molecule has 0 aliphatic heterocycles. The van der Waals surface area contributed by atoms with Gasteiger partial charge in [0.15, 0.2) is 9.84 Å². The topological polar surface area (TPSA) is 79.0 Å². The molecule has 0 spiro atoms. The van der Waals surface area contributed by atoms with Crippen molar-refractivity contribution in [2.24, 2.45) is 5.92 Å². The molecule has 2 heterocycles. The minimum absolute atomic E-state index is 0.129. The summed E-state index contributed by atoms with van der Waals surface area (Å²) in [6, 6.07) is 8.85. The Kier molecular flexibility index (Phi) is 4.36. The number of aromatic amines is 1. The third-order valence-electron chi connectivity index (χ3n) is 5.05. The second-order valence-electron chi connectivity index (χ2n) is 6.75. The van der Waals surface area contributed by atoms with E-state index in [2.05, 4.69) is 19.9 Å². The molecule has 3 aromatic rings. The minimum atomic E-state index is -3.37. The van der Waals surface area contributed by atoms with E-state index >= 15 is 0 Å². The fraction of sp³-hybridized carbons (Fsp3) is 0.333. The van der Waals surface area contributed by atoms with Gasteiger partial charge in [0, 0.05) is 19.3 Å². The van der Waals surface area contributed by atoms with E-state index in [0.717, 1.165) is 29.7 Å². The van der Waals surface area contributed by atoms with Crippen molar-refractivity contribution in [1.82, 2.24) is 15.0 Å². The van der Waals surface area contributed by atoms with Gasteiger partial charge in [0.1, 0.15) is 17.8 Å². The number of hydrogen-bond donors (Lipinski definition) is 1. The van der Waals surface area contributed by atoms with Gasteiger partial charge in [-0.2, -0.15) is 0 Å². The molecule has 4 rings (SSSR count). The predicted octanol–water partition coefficient (Wildman–Crippen LogP) is 3.30. The lowest BCUT2D eigenvalue weighted by molar-refractivity contribution is 0.282. The molecule has 0 atom stereocenters. The molecule has 1 N–H and O–H groups in total. The van der Waals surface area contributed by atoms with Gasteiger partial charge in [-0.3, -0.25) is 0 Å². The lowest BCUT2D eigenvalue weighted by Gasteiger charge is -2.41. The van der Waals surface area contributed by atoms with Gasteiger partial charge in [0.25, 0.3) is 0 Å². The van der Waals surface area contributed by atoms with E-state index in [4.69, 9.17) is 11.6 Å². The average molecular weight is 391 g/mol. The van der Waals surface area contributed by atoms with Crippen LogP contribution in [0.25, 0.3) is 11.0 Å². The van der Waals surface area contributed by atoms with Crippen LogP contribution in [0.5, 0.6) is 0 Å². The fourth-order valence-electron chi connectivity index (χ4n) is 3.56. The maximum atomic E-state index is 12.6. The van der Waals surface area contributed by atoms with Crippen LogP contribution in [0, 0.1) is 5.92 Å². The Balaban J connectivity index is 1.44. The number of nitrogens with one attached hydrogen (secondary N) is 1. The third kappa shape index (κ3) is 3.05. The maximum absolute atomic E-state index is 12.6. The van der Waals surface area contributed by atoms with Gasteiger partial charge in [-0.1, -0.05) is 23.7 Å². The molecule has 1 aromatic carbocycles. The molecular formula is C18H19ClN4O2S. The zero-order valence-electron chi connectivity index (χ0n) is 14.3. The van der Waals surface area contributed by atoms with Crippen molar-refractivity contribution in [2.75, 3.05) is 17.7 Å². The molecule has 8 heteroatoms. The Hall–Kier alpha value is -2.12. The lowest BCUT2D eigenvalue weighted by atomic mass is 9.81. The number of nitrogens with zero attached hydrogens (tertiary/aromatic N) is 3. The van der Waals surface area contributed by atoms with Crippen LogP contribution in [0.4, 0.5) is 5.82 Å². The van der Waals surface area contributed by atoms with E-state index in [1.54, 1.807) is 30.6 Å². The first-order valence-corrected chi connectivity index (χ1v) is 10.5. The van der Waals surface area contributed by atoms with E-state index in [1.807, 2.05) is 19.3 Å². The van der Waals surface area contributed by atoms with Crippen molar-refractivity contribution in [3.8, 4) is 0 Å². The molecule has 0 bridgehead atoms.